The average Bonchev–Trinajstić information content (AvgIpc) is 3.02. The second-order valence-corrected chi connectivity index (χ2v) is 7.87. The van der Waals surface area contributed by atoms with Crippen LogP contribution < -0.4 is 5.32 Å². The van der Waals surface area contributed by atoms with Crippen molar-refractivity contribution < 1.29 is 18.7 Å². The summed E-state index contributed by atoms with van der Waals surface area (Å²) in [6.07, 6.45) is 0.101. The third kappa shape index (κ3) is 4.37. The molecule has 0 aliphatic carbocycles. The van der Waals surface area contributed by atoms with Crippen molar-refractivity contribution in [1.29, 1.82) is 0 Å². The monoisotopic (exact) mass is 417 g/mol. The van der Waals surface area contributed by atoms with E-state index in [0.29, 0.717) is 22.1 Å². The number of hydrogen-bond donors (Lipinski definition) is 1. The molecule has 2 aliphatic heterocycles. The van der Waals surface area contributed by atoms with Gasteiger partial charge >= 0.3 is 5.97 Å². The number of nitrogens with one attached hydrogen (secondary N) is 1. The number of rotatable bonds is 6. The van der Waals surface area contributed by atoms with Crippen molar-refractivity contribution in [1.82, 2.24) is 10.2 Å². The van der Waals surface area contributed by atoms with E-state index in [4.69, 9.17) is 4.74 Å². The number of ether oxygens (including phenoxy) is 1. The van der Waals surface area contributed by atoms with Gasteiger partial charge in [0.05, 0.1) is 30.3 Å². The molecule has 2 heterocycles. The summed E-state index contributed by atoms with van der Waals surface area (Å²) in [6, 6.07) is 5.58. The molecular weight excluding hydrogens is 393 g/mol. The Morgan fingerprint density at radius 2 is 2.07 bits per heavy atom. The Bertz CT molecular complexity index is 924. The van der Waals surface area contributed by atoms with Crippen molar-refractivity contribution in [2.45, 2.75) is 46.2 Å². The van der Waals surface area contributed by atoms with Crippen LogP contribution in [0.1, 0.15) is 45.7 Å². The quantitative estimate of drug-likeness (QED) is 0.712. The molecule has 0 aromatic heterocycles. The van der Waals surface area contributed by atoms with Crippen LogP contribution in [0.25, 0.3) is 0 Å². The zero-order chi connectivity index (χ0) is 21.1. The molecule has 3 rings (SSSR count). The topological polar surface area (TPSA) is 71.0 Å². The normalized spacial score (nSPS) is 18.4. The Morgan fingerprint density at radius 1 is 1.34 bits per heavy atom. The molecule has 6 nitrogen and oxygen atoms in total. The lowest BCUT2D eigenvalue weighted by atomic mass is 9.93. The number of amides is 1. The number of aliphatic imine (C=N–C) groups is 1. The van der Waals surface area contributed by atoms with Gasteiger partial charge in [-0.25, -0.2) is 14.2 Å². The summed E-state index contributed by atoms with van der Waals surface area (Å²) in [5.41, 5.74) is 1.75. The number of amidine groups is 1. The van der Waals surface area contributed by atoms with Crippen LogP contribution in [0.3, 0.4) is 0 Å². The Kier molecular flexibility index (Phi) is 6.42. The molecule has 154 valence electrons. The van der Waals surface area contributed by atoms with Gasteiger partial charge in [0.1, 0.15) is 5.82 Å². The highest BCUT2D eigenvalue weighted by molar-refractivity contribution is 8.16. The molecule has 1 aromatic carbocycles. The van der Waals surface area contributed by atoms with Gasteiger partial charge in [-0.05, 0) is 39.2 Å². The molecule has 0 spiro atoms. The minimum Gasteiger partial charge on any atom is -0.463 e. The van der Waals surface area contributed by atoms with Crippen LogP contribution in [0, 0.1) is 5.82 Å². The van der Waals surface area contributed by atoms with Crippen LogP contribution >= 0.6 is 11.8 Å². The first kappa shape index (κ1) is 21.1. The van der Waals surface area contributed by atoms with Gasteiger partial charge in [-0.15, -0.1) is 0 Å². The first-order valence-corrected chi connectivity index (χ1v) is 10.4. The molecule has 0 fully saturated rings. The molecule has 0 radical (unpaired) electrons. The molecule has 8 heteroatoms. The summed E-state index contributed by atoms with van der Waals surface area (Å²) in [7, 11) is 0. The predicted octanol–water partition coefficient (Wildman–Crippen LogP) is 3.88. The van der Waals surface area contributed by atoms with E-state index in [1.807, 2.05) is 19.3 Å². The Morgan fingerprint density at radius 3 is 2.72 bits per heavy atom. The van der Waals surface area contributed by atoms with Crippen molar-refractivity contribution in [2.24, 2.45) is 4.99 Å². The van der Waals surface area contributed by atoms with Crippen LogP contribution in [-0.4, -0.2) is 34.6 Å². The number of esters is 1. The maximum atomic E-state index is 14.8. The maximum absolute atomic E-state index is 14.8. The maximum Gasteiger partial charge on any atom is 0.338 e. The molecule has 1 amide bonds. The van der Waals surface area contributed by atoms with Crippen molar-refractivity contribution in [3.05, 3.63) is 58.0 Å². The minimum absolute atomic E-state index is 0.00578. The van der Waals surface area contributed by atoms with Crippen LogP contribution in [0.4, 0.5) is 4.39 Å². The van der Waals surface area contributed by atoms with Gasteiger partial charge in [-0.1, -0.05) is 30.0 Å². The van der Waals surface area contributed by atoms with E-state index >= 15 is 0 Å². The fourth-order valence-electron chi connectivity index (χ4n) is 3.37. The standard InChI is InChI=1S/C21H24FN3O3S/c1-5-28-20(27)18-13(4)24-21-25(19(18)15-8-6-7-9-16(15)22)14(11-29-21)10-17(26)23-12(2)3/h6-9,11-12,19H,5,10H2,1-4H3,(H,23,26)/t19-/m1/s1. The second-order valence-electron chi connectivity index (χ2n) is 7.03. The molecular formula is C21H24FN3O3S. The number of allylic oxidation sites excluding steroid dienone is 1. The van der Waals surface area contributed by atoms with E-state index in [0.717, 1.165) is 0 Å². The number of carbonyl (C=O) groups excluding carboxylic acids is 2. The largest absolute Gasteiger partial charge is 0.463 e. The van der Waals surface area contributed by atoms with Gasteiger partial charge in [0.2, 0.25) is 5.91 Å². The highest BCUT2D eigenvalue weighted by Gasteiger charge is 2.42. The molecule has 2 aliphatic rings. The van der Waals surface area contributed by atoms with Gasteiger partial charge in [0.15, 0.2) is 5.17 Å². The number of nitrogens with zero attached hydrogens (tertiary/aromatic N) is 2. The van der Waals surface area contributed by atoms with Gasteiger partial charge in [-0.2, -0.15) is 0 Å². The first-order valence-electron chi connectivity index (χ1n) is 9.48. The van der Waals surface area contributed by atoms with Crippen molar-refractivity contribution in [3.8, 4) is 0 Å². The van der Waals surface area contributed by atoms with Crippen molar-refractivity contribution in [2.75, 3.05) is 6.61 Å². The van der Waals surface area contributed by atoms with Crippen LogP contribution in [0.15, 0.2) is 51.6 Å². The highest BCUT2D eigenvalue weighted by atomic mass is 32.2. The van der Waals surface area contributed by atoms with Crippen LogP contribution in [0.2, 0.25) is 0 Å². The lowest BCUT2D eigenvalue weighted by Gasteiger charge is -2.36. The van der Waals surface area contributed by atoms with E-state index < -0.39 is 17.8 Å². The average molecular weight is 418 g/mol. The molecule has 29 heavy (non-hydrogen) atoms. The summed E-state index contributed by atoms with van der Waals surface area (Å²) < 4.78 is 20.0. The fourth-order valence-corrected chi connectivity index (χ4v) is 4.33. The molecule has 0 saturated carbocycles. The van der Waals surface area contributed by atoms with E-state index in [9.17, 15) is 14.0 Å². The number of fused-ring (bicyclic) bond motifs is 1. The summed E-state index contributed by atoms with van der Waals surface area (Å²) in [5, 5.41) is 5.30. The minimum atomic E-state index is -0.754. The van der Waals surface area contributed by atoms with Crippen molar-refractivity contribution in [3.63, 3.8) is 0 Å². The number of benzene rings is 1. The zero-order valence-electron chi connectivity index (χ0n) is 16.9. The van der Waals surface area contributed by atoms with E-state index in [1.165, 1.54) is 17.8 Å². The van der Waals surface area contributed by atoms with E-state index in [2.05, 4.69) is 10.3 Å². The third-order valence-electron chi connectivity index (χ3n) is 4.49. The van der Waals surface area contributed by atoms with Crippen LogP contribution in [-0.2, 0) is 14.3 Å². The molecule has 0 bridgehead atoms. The molecule has 1 N–H and O–H groups in total. The zero-order valence-corrected chi connectivity index (χ0v) is 17.7. The van der Waals surface area contributed by atoms with Gasteiger partial charge < -0.3 is 15.0 Å². The number of thioether (sulfide) groups is 1. The molecule has 0 unspecified atom stereocenters. The lowest BCUT2D eigenvalue weighted by Crippen LogP contribution is -2.39. The molecule has 1 atom stereocenters. The predicted molar refractivity (Wildman–Crippen MR) is 111 cm³/mol. The highest BCUT2D eigenvalue weighted by Crippen LogP contribution is 2.45. The van der Waals surface area contributed by atoms with E-state index in [-0.39, 0.29) is 30.5 Å². The SMILES string of the molecule is CCOC(=O)C1=C(C)N=C2SC=C(CC(=O)NC(C)C)N2[C@@H]1c1ccccc1F. The van der Waals surface area contributed by atoms with Gasteiger partial charge in [0.25, 0.3) is 0 Å². The lowest BCUT2D eigenvalue weighted by molar-refractivity contribution is -0.139. The number of carbonyl (C=O) groups is 2. The second kappa shape index (κ2) is 8.82. The fraction of sp³-hybridized carbons (Fsp3) is 0.381. The Labute approximate surface area is 173 Å². The summed E-state index contributed by atoms with van der Waals surface area (Å²) in [4.78, 5) is 31.4. The Balaban J connectivity index is 2.05. The number of hydrogen-bond acceptors (Lipinski definition) is 6. The summed E-state index contributed by atoms with van der Waals surface area (Å²) in [6.45, 7) is 7.41. The Hall–Kier alpha value is -2.61. The first-order chi connectivity index (χ1) is 13.8. The van der Waals surface area contributed by atoms with E-state index in [1.54, 1.807) is 36.9 Å². The van der Waals surface area contributed by atoms with Crippen molar-refractivity contribution >= 4 is 28.8 Å². The summed E-state index contributed by atoms with van der Waals surface area (Å²) in [5.74, 6) is -1.12. The molecule has 1 aromatic rings. The van der Waals surface area contributed by atoms with Crippen LogP contribution in [0.5, 0.6) is 0 Å². The molecule has 0 saturated heterocycles. The van der Waals surface area contributed by atoms with Gasteiger partial charge in [-0.3, -0.25) is 4.79 Å². The third-order valence-corrected chi connectivity index (χ3v) is 5.38. The smallest absolute Gasteiger partial charge is 0.338 e. The summed E-state index contributed by atoms with van der Waals surface area (Å²) >= 11 is 1.36. The van der Waals surface area contributed by atoms with Gasteiger partial charge in [0, 0.05) is 17.3 Å². The number of halogens is 1.